The molecule has 92 valence electrons. The predicted molar refractivity (Wildman–Crippen MR) is 71.9 cm³/mol. The maximum absolute atomic E-state index is 11.9. The number of rotatable bonds is 2. The molecule has 0 aromatic heterocycles. The number of carbonyl (C=O) groups is 1. The van der Waals surface area contributed by atoms with E-state index in [0.29, 0.717) is 16.3 Å². The number of hydrogen-bond acceptors (Lipinski definition) is 3. The molecular formula is C13H11ClN2O2. The van der Waals surface area contributed by atoms with Gasteiger partial charge in [0.05, 0.1) is 5.69 Å². The molecule has 2 aromatic rings. The van der Waals surface area contributed by atoms with Crippen LogP contribution in [0.15, 0.2) is 42.5 Å². The fourth-order valence-electron chi connectivity index (χ4n) is 1.47. The van der Waals surface area contributed by atoms with Crippen LogP contribution in [0.25, 0.3) is 0 Å². The fraction of sp³-hybridized carbons (Fsp3) is 0. The van der Waals surface area contributed by atoms with E-state index in [1.165, 1.54) is 18.2 Å². The molecule has 0 heterocycles. The Morgan fingerprint density at radius 3 is 2.67 bits per heavy atom. The number of amides is 1. The molecule has 0 aliphatic carbocycles. The van der Waals surface area contributed by atoms with Gasteiger partial charge >= 0.3 is 0 Å². The Bertz CT molecular complexity index is 599. The quantitative estimate of drug-likeness (QED) is 0.575. The van der Waals surface area contributed by atoms with Crippen LogP contribution in [0.2, 0.25) is 5.02 Å². The van der Waals surface area contributed by atoms with Crippen molar-refractivity contribution in [1.29, 1.82) is 0 Å². The number of benzene rings is 2. The molecule has 5 heteroatoms. The fourth-order valence-corrected chi connectivity index (χ4v) is 1.66. The Balaban J connectivity index is 2.19. The van der Waals surface area contributed by atoms with Crippen LogP contribution in [0.3, 0.4) is 0 Å². The molecule has 4 N–H and O–H groups in total. The Morgan fingerprint density at radius 2 is 2.00 bits per heavy atom. The van der Waals surface area contributed by atoms with E-state index in [9.17, 15) is 9.90 Å². The maximum Gasteiger partial charge on any atom is 0.255 e. The summed E-state index contributed by atoms with van der Waals surface area (Å²) in [5.41, 5.74) is 6.65. The summed E-state index contributed by atoms with van der Waals surface area (Å²) in [4.78, 5) is 11.9. The molecule has 0 atom stereocenters. The van der Waals surface area contributed by atoms with Crippen molar-refractivity contribution in [3.8, 4) is 5.75 Å². The third kappa shape index (κ3) is 2.73. The van der Waals surface area contributed by atoms with Crippen LogP contribution < -0.4 is 11.1 Å². The molecule has 0 saturated heterocycles. The lowest BCUT2D eigenvalue weighted by atomic mass is 10.1. The summed E-state index contributed by atoms with van der Waals surface area (Å²) in [6.45, 7) is 0. The van der Waals surface area contributed by atoms with Gasteiger partial charge in [0.2, 0.25) is 0 Å². The number of hydrogen-bond donors (Lipinski definition) is 3. The molecule has 0 bridgehead atoms. The first-order valence-corrected chi connectivity index (χ1v) is 5.59. The van der Waals surface area contributed by atoms with Crippen molar-refractivity contribution in [2.45, 2.75) is 0 Å². The highest BCUT2D eigenvalue weighted by Crippen LogP contribution is 2.21. The number of halogens is 1. The lowest BCUT2D eigenvalue weighted by Gasteiger charge is -2.06. The zero-order valence-electron chi connectivity index (χ0n) is 9.35. The summed E-state index contributed by atoms with van der Waals surface area (Å²) in [5, 5.41) is 12.5. The van der Waals surface area contributed by atoms with Gasteiger partial charge in [-0.25, -0.2) is 0 Å². The van der Waals surface area contributed by atoms with Crippen molar-refractivity contribution in [3.63, 3.8) is 0 Å². The number of nitrogens with one attached hydrogen (secondary N) is 1. The van der Waals surface area contributed by atoms with Crippen molar-refractivity contribution in [3.05, 3.63) is 53.1 Å². The SMILES string of the molecule is Nc1cc(C(=O)Nc2cccc(Cl)c2)ccc1O. The smallest absolute Gasteiger partial charge is 0.255 e. The Labute approximate surface area is 109 Å². The number of nitrogens with two attached hydrogens (primary N) is 1. The van der Waals surface area contributed by atoms with E-state index in [2.05, 4.69) is 5.32 Å². The normalized spacial score (nSPS) is 10.1. The van der Waals surface area contributed by atoms with Gasteiger partial charge in [-0.05, 0) is 36.4 Å². The highest BCUT2D eigenvalue weighted by Gasteiger charge is 2.08. The van der Waals surface area contributed by atoms with Gasteiger partial charge in [-0.1, -0.05) is 17.7 Å². The topological polar surface area (TPSA) is 75.4 Å². The number of phenols is 1. The molecule has 2 aromatic carbocycles. The second kappa shape index (κ2) is 4.98. The molecule has 2 rings (SSSR count). The largest absolute Gasteiger partial charge is 0.506 e. The summed E-state index contributed by atoms with van der Waals surface area (Å²) in [6.07, 6.45) is 0. The first-order valence-electron chi connectivity index (χ1n) is 5.21. The van der Waals surface area contributed by atoms with Gasteiger partial charge < -0.3 is 16.2 Å². The van der Waals surface area contributed by atoms with Crippen LogP contribution in [-0.2, 0) is 0 Å². The van der Waals surface area contributed by atoms with Crippen molar-refractivity contribution in [1.82, 2.24) is 0 Å². The van der Waals surface area contributed by atoms with E-state index in [1.54, 1.807) is 24.3 Å². The van der Waals surface area contributed by atoms with Crippen molar-refractivity contribution in [2.75, 3.05) is 11.1 Å². The second-order valence-corrected chi connectivity index (χ2v) is 4.17. The Hall–Kier alpha value is -2.20. The molecule has 0 saturated carbocycles. The standard InChI is InChI=1S/C13H11ClN2O2/c14-9-2-1-3-10(7-9)16-13(18)8-4-5-12(17)11(15)6-8/h1-7,17H,15H2,(H,16,18). The Morgan fingerprint density at radius 1 is 1.22 bits per heavy atom. The van der Waals surface area contributed by atoms with E-state index in [-0.39, 0.29) is 17.3 Å². The van der Waals surface area contributed by atoms with Crippen LogP contribution >= 0.6 is 11.6 Å². The van der Waals surface area contributed by atoms with E-state index in [0.717, 1.165) is 0 Å². The monoisotopic (exact) mass is 262 g/mol. The predicted octanol–water partition coefficient (Wildman–Crippen LogP) is 2.88. The van der Waals surface area contributed by atoms with E-state index < -0.39 is 0 Å². The van der Waals surface area contributed by atoms with Crippen LogP contribution in [0.1, 0.15) is 10.4 Å². The van der Waals surface area contributed by atoms with Gasteiger partial charge in [-0.15, -0.1) is 0 Å². The number of phenolic OH excluding ortho intramolecular Hbond substituents is 1. The van der Waals surface area contributed by atoms with Crippen molar-refractivity contribution in [2.24, 2.45) is 0 Å². The number of carbonyl (C=O) groups excluding carboxylic acids is 1. The van der Waals surface area contributed by atoms with Gasteiger partial charge in [0, 0.05) is 16.3 Å². The van der Waals surface area contributed by atoms with Crippen molar-refractivity contribution >= 4 is 28.9 Å². The van der Waals surface area contributed by atoms with Crippen molar-refractivity contribution < 1.29 is 9.90 Å². The first kappa shape index (κ1) is 12.3. The van der Waals surface area contributed by atoms with E-state index in [1.807, 2.05) is 0 Å². The van der Waals surface area contributed by atoms with Crippen LogP contribution in [0.5, 0.6) is 5.75 Å². The zero-order valence-corrected chi connectivity index (χ0v) is 10.1. The summed E-state index contributed by atoms with van der Waals surface area (Å²) in [6, 6.07) is 11.1. The van der Waals surface area contributed by atoms with Gasteiger partial charge in [0.25, 0.3) is 5.91 Å². The average molecular weight is 263 g/mol. The summed E-state index contributed by atoms with van der Waals surface area (Å²) in [5.74, 6) is -0.363. The maximum atomic E-state index is 11.9. The van der Waals surface area contributed by atoms with Crippen LogP contribution in [0, 0.1) is 0 Å². The van der Waals surface area contributed by atoms with E-state index in [4.69, 9.17) is 17.3 Å². The molecule has 0 spiro atoms. The minimum atomic E-state index is -0.316. The lowest BCUT2D eigenvalue weighted by Crippen LogP contribution is -2.12. The van der Waals surface area contributed by atoms with Crippen LogP contribution in [0.4, 0.5) is 11.4 Å². The number of aromatic hydroxyl groups is 1. The third-order valence-electron chi connectivity index (χ3n) is 2.37. The van der Waals surface area contributed by atoms with Gasteiger partial charge in [0.1, 0.15) is 5.75 Å². The molecular weight excluding hydrogens is 252 g/mol. The second-order valence-electron chi connectivity index (χ2n) is 3.74. The molecule has 0 fully saturated rings. The highest BCUT2D eigenvalue weighted by molar-refractivity contribution is 6.30. The van der Waals surface area contributed by atoms with E-state index >= 15 is 0 Å². The number of anilines is 2. The third-order valence-corrected chi connectivity index (χ3v) is 2.61. The molecule has 0 unspecified atom stereocenters. The molecule has 4 nitrogen and oxygen atoms in total. The molecule has 0 aliphatic rings. The minimum absolute atomic E-state index is 0.0469. The van der Waals surface area contributed by atoms with Crippen LogP contribution in [-0.4, -0.2) is 11.0 Å². The van der Waals surface area contributed by atoms with Gasteiger partial charge in [0.15, 0.2) is 0 Å². The molecule has 0 radical (unpaired) electrons. The number of nitrogen functional groups attached to an aromatic ring is 1. The van der Waals surface area contributed by atoms with Gasteiger partial charge in [-0.3, -0.25) is 4.79 Å². The summed E-state index contributed by atoms with van der Waals surface area (Å²) < 4.78 is 0. The summed E-state index contributed by atoms with van der Waals surface area (Å²) in [7, 11) is 0. The molecule has 1 amide bonds. The molecule has 0 aliphatic heterocycles. The average Bonchev–Trinajstić information content (AvgIpc) is 2.32. The summed E-state index contributed by atoms with van der Waals surface area (Å²) >= 11 is 5.82. The van der Waals surface area contributed by atoms with Gasteiger partial charge in [-0.2, -0.15) is 0 Å². The lowest BCUT2D eigenvalue weighted by molar-refractivity contribution is 0.102. The Kier molecular flexibility index (Phi) is 3.39. The highest BCUT2D eigenvalue weighted by atomic mass is 35.5. The molecule has 18 heavy (non-hydrogen) atoms. The zero-order chi connectivity index (χ0) is 13.1. The minimum Gasteiger partial charge on any atom is -0.506 e. The first-order chi connectivity index (χ1) is 8.56.